The Bertz CT molecular complexity index is 500. The van der Waals surface area contributed by atoms with E-state index < -0.39 is 0 Å². The van der Waals surface area contributed by atoms with E-state index in [-0.39, 0.29) is 0 Å². The second kappa shape index (κ2) is 4.00. The zero-order valence-corrected chi connectivity index (χ0v) is 9.82. The Morgan fingerprint density at radius 3 is 2.62 bits per heavy atom. The molecule has 0 saturated heterocycles. The Kier molecular flexibility index (Phi) is 2.69. The van der Waals surface area contributed by atoms with Crippen molar-refractivity contribution in [1.82, 2.24) is 4.98 Å². The summed E-state index contributed by atoms with van der Waals surface area (Å²) in [6.07, 6.45) is 1.77. The fourth-order valence-corrected chi connectivity index (χ4v) is 1.46. The van der Waals surface area contributed by atoms with Gasteiger partial charge in [0.25, 0.3) is 0 Å². The fraction of sp³-hybridized carbons (Fsp3) is 0.308. The number of anilines is 1. The van der Waals surface area contributed by atoms with Gasteiger partial charge in [0.1, 0.15) is 5.76 Å². The Hall–Kier alpha value is -1.77. The van der Waals surface area contributed by atoms with E-state index in [1.807, 2.05) is 25.1 Å². The van der Waals surface area contributed by atoms with Gasteiger partial charge in [0, 0.05) is 17.2 Å². The molecule has 0 amide bonds. The summed E-state index contributed by atoms with van der Waals surface area (Å²) in [7, 11) is 0. The quantitative estimate of drug-likeness (QED) is 0.783. The van der Waals surface area contributed by atoms with E-state index in [1.54, 1.807) is 6.20 Å². The zero-order valence-electron chi connectivity index (χ0n) is 9.82. The Morgan fingerprint density at radius 2 is 2.06 bits per heavy atom. The molecule has 1 heterocycles. The SMILES string of the molecule is Cc1ccc(-c2ncc(C(C)C)o2)cc1N. The summed E-state index contributed by atoms with van der Waals surface area (Å²) in [5.41, 5.74) is 8.62. The average Bonchev–Trinajstić information content (AvgIpc) is 2.71. The second-order valence-electron chi connectivity index (χ2n) is 4.29. The number of benzene rings is 1. The lowest BCUT2D eigenvalue weighted by atomic mass is 10.1. The highest BCUT2D eigenvalue weighted by Gasteiger charge is 2.09. The maximum absolute atomic E-state index is 5.86. The summed E-state index contributed by atoms with van der Waals surface area (Å²) < 4.78 is 5.66. The van der Waals surface area contributed by atoms with Crippen LogP contribution in [0.25, 0.3) is 11.5 Å². The maximum atomic E-state index is 5.86. The summed E-state index contributed by atoms with van der Waals surface area (Å²) in [5.74, 6) is 1.88. The average molecular weight is 216 g/mol. The van der Waals surface area contributed by atoms with Crippen molar-refractivity contribution in [3.05, 3.63) is 35.7 Å². The molecule has 0 bridgehead atoms. The largest absolute Gasteiger partial charge is 0.441 e. The molecule has 0 radical (unpaired) electrons. The molecule has 84 valence electrons. The standard InChI is InChI=1S/C13H16N2O/c1-8(2)12-7-15-13(16-12)10-5-4-9(3)11(14)6-10/h4-8H,14H2,1-3H3. The van der Waals surface area contributed by atoms with Crippen LogP contribution in [0.5, 0.6) is 0 Å². The number of hydrogen-bond acceptors (Lipinski definition) is 3. The Labute approximate surface area is 95.3 Å². The molecule has 3 nitrogen and oxygen atoms in total. The van der Waals surface area contributed by atoms with E-state index in [4.69, 9.17) is 10.2 Å². The second-order valence-corrected chi connectivity index (χ2v) is 4.29. The molecule has 2 rings (SSSR count). The number of hydrogen-bond donors (Lipinski definition) is 1. The Morgan fingerprint density at radius 1 is 1.31 bits per heavy atom. The van der Waals surface area contributed by atoms with Crippen LogP contribution in [0.2, 0.25) is 0 Å². The highest BCUT2D eigenvalue weighted by Crippen LogP contribution is 2.25. The number of nitrogens with two attached hydrogens (primary N) is 1. The van der Waals surface area contributed by atoms with E-state index in [0.717, 1.165) is 22.6 Å². The van der Waals surface area contributed by atoms with Crippen LogP contribution in [0.4, 0.5) is 5.69 Å². The van der Waals surface area contributed by atoms with Crippen LogP contribution < -0.4 is 5.73 Å². The summed E-state index contributed by atoms with van der Waals surface area (Å²) in [6, 6.07) is 5.84. The molecule has 0 aliphatic rings. The van der Waals surface area contributed by atoms with Crippen LogP contribution in [-0.2, 0) is 0 Å². The number of aryl methyl sites for hydroxylation is 1. The van der Waals surface area contributed by atoms with Crippen LogP contribution in [-0.4, -0.2) is 4.98 Å². The molecular formula is C13H16N2O. The molecular weight excluding hydrogens is 200 g/mol. The minimum absolute atomic E-state index is 0.351. The van der Waals surface area contributed by atoms with Crippen molar-refractivity contribution >= 4 is 5.69 Å². The van der Waals surface area contributed by atoms with E-state index in [2.05, 4.69) is 18.8 Å². The summed E-state index contributed by atoms with van der Waals surface area (Å²) >= 11 is 0. The Balaban J connectivity index is 2.39. The molecule has 0 aliphatic heterocycles. The van der Waals surface area contributed by atoms with Gasteiger partial charge in [-0.05, 0) is 24.6 Å². The molecule has 1 aromatic heterocycles. The molecule has 2 aromatic rings. The molecule has 3 heteroatoms. The lowest BCUT2D eigenvalue weighted by Crippen LogP contribution is -1.89. The monoisotopic (exact) mass is 216 g/mol. The van der Waals surface area contributed by atoms with Gasteiger partial charge >= 0.3 is 0 Å². The maximum Gasteiger partial charge on any atom is 0.226 e. The third kappa shape index (κ3) is 1.94. The van der Waals surface area contributed by atoms with Crippen molar-refractivity contribution in [2.24, 2.45) is 0 Å². The molecule has 0 fully saturated rings. The van der Waals surface area contributed by atoms with E-state index in [1.165, 1.54) is 0 Å². The molecule has 0 spiro atoms. The molecule has 0 aliphatic carbocycles. The number of nitrogens with zero attached hydrogens (tertiary/aromatic N) is 1. The third-order valence-corrected chi connectivity index (χ3v) is 2.62. The van der Waals surface area contributed by atoms with Crippen molar-refractivity contribution in [2.45, 2.75) is 26.7 Å². The minimum Gasteiger partial charge on any atom is -0.441 e. The molecule has 1 aromatic carbocycles. The van der Waals surface area contributed by atoms with Crippen molar-refractivity contribution in [3.63, 3.8) is 0 Å². The molecule has 0 atom stereocenters. The van der Waals surface area contributed by atoms with Gasteiger partial charge in [-0.15, -0.1) is 0 Å². The van der Waals surface area contributed by atoms with Crippen molar-refractivity contribution < 1.29 is 4.42 Å². The first-order valence-corrected chi connectivity index (χ1v) is 5.40. The number of aromatic nitrogens is 1. The van der Waals surface area contributed by atoms with E-state index in [0.29, 0.717) is 11.8 Å². The van der Waals surface area contributed by atoms with E-state index >= 15 is 0 Å². The van der Waals surface area contributed by atoms with Crippen LogP contribution in [0.3, 0.4) is 0 Å². The van der Waals surface area contributed by atoms with Gasteiger partial charge < -0.3 is 10.2 Å². The highest BCUT2D eigenvalue weighted by molar-refractivity contribution is 5.62. The number of rotatable bonds is 2. The van der Waals surface area contributed by atoms with Gasteiger partial charge in [-0.25, -0.2) is 4.98 Å². The highest BCUT2D eigenvalue weighted by atomic mass is 16.4. The smallest absolute Gasteiger partial charge is 0.226 e. The summed E-state index contributed by atoms with van der Waals surface area (Å²) in [5, 5.41) is 0. The number of oxazole rings is 1. The van der Waals surface area contributed by atoms with Gasteiger partial charge in [-0.3, -0.25) is 0 Å². The molecule has 0 unspecified atom stereocenters. The molecule has 0 saturated carbocycles. The van der Waals surface area contributed by atoms with Gasteiger partial charge in [-0.2, -0.15) is 0 Å². The topological polar surface area (TPSA) is 52.0 Å². The first-order valence-electron chi connectivity index (χ1n) is 5.40. The van der Waals surface area contributed by atoms with Gasteiger partial charge in [0.05, 0.1) is 6.20 Å². The first kappa shape index (κ1) is 10.7. The predicted molar refractivity (Wildman–Crippen MR) is 65.2 cm³/mol. The van der Waals surface area contributed by atoms with E-state index in [9.17, 15) is 0 Å². The van der Waals surface area contributed by atoms with Crippen LogP contribution >= 0.6 is 0 Å². The first-order chi connectivity index (χ1) is 7.58. The van der Waals surface area contributed by atoms with Crippen LogP contribution in [0.15, 0.2) is 28.8 Å². The summed E-state index contributed by atoms with van der Waals surface area (Å²) in [4.78, 5) is 4.26. The van der Waals surface area contributed by atoms with Gasteiger partial charge in [-0.1, -0.05) is 19.9 Å². The van der Waals surface area contributed by atoms with Crippen LogP contribution in [0, 0.1) is 6.92 Å². The third-order valence-electron chi connectivity index (χ3n) is 2.62. The van der Waals surface area contributed by atoms with Gasteiger partial charge in [0.15, 0.2) is 0 Å². The molecule has 2 N–H and O–H groups in total. The predicted octanol–water partition coefficient (Wildman–Crippen LogP) is 3.36. The zero-order chi connectivity index (χ0) is 11.7. The van der Waals surface area contributed by atoms with Gasteiger partial charge in [0.2, 0.25) is 5.89 Å². The molecule has 16 heavy (non-hydrogen) atoms. The van der Waals surface area contributed by atoms with Crippen molar-refractivity contribution in [3.8, 4) is 11.5 Å². The van der Waals surface area contributed by atoms with Crippen LogP contribution in [0.1, 0.15) is 31.1 Å². The minimum atomic E-state index is 0.351. The summed E-state index contributed by atoms with van der Waals surface area (Å²) in [6.45, 7) is 6.13. The lowest BCUT2D eigenvalue weighted by Gasteiger charge is -2.02. The van der Waals surface area contributed by atoms with Crippen molar-refractivity contribution in [2.75, 3.05) is 5.73 Å². The number of nitrogen functional groups attached to an aromatic ring is 1. The fourth-order valence-electron chi connectivity index (χ4n) is 1.46. The lowest BCUT2D eigenvalue weighted by molar-refractivity contribution is 0.495. The van der Waals surface area contributed by atoms with Crippen molar-refractivity contribution in [1.29, 1.82) is 0 Å². The normalized spacial score (nSPS) is 11.0.